The maximum Gasteiger partial charge on any atom is 0.205 e. The van der Waals surface area contributed by atoms with Crippen molar-refractivity contribution in [3.8, 4) is 11.5 Å². The first-order valence-corrected chi connectivity index (χ1v) is 7.50. The highest BCUT2D eigenvalue weighted by atomic mass is 16.5. The number of nitrogens with zero attached hydrogens (tertiary/aromatic N) is 1. The van der Waals surface area contributed by atoms with Gasteiger partial charge in [-0.2, -0.15) is 0 Å². The SMILES string of the molecule is COc1ccc(OC)c(/C=C/c2cc3ccccc3c[n+]2C)c1. The Hall–Kier alpha value is -2.81. The highest BCUT2D eigenvalue weighted by Crippen LogP contribution is 2.25. The summed E-state index contributed by atoms with van der Waals surface area (Å²) < 4.78 is 12.8. The molecule has 23 heavy (non-hydrogen) atoms. The quantitative estimate of drug-likeness (QED) is 0.683. The molecule has 116 valence electrons. The second-order valence-corrected chi connectivity index (χ2v) is 5.38. The molecule has 0 radical (unpaired) electrons. The molecule has 0 fully saturated rings. The zero-order valence-corrected chi connectivity index (χ0v) is 13.6. The van der Waals surface area contributed by atoms with Crippen molar-refractivity contribution in [1.82, 2.24) is 0 Å². The second kappa shape index (κ2) is 6.53. The van der Waals surface area contributed by atoms with Gasteiger partial charge in [0.05, 0.1) is 14.2 Å². The van der Waals surface area contributed by atoms with Gasteiger partial charge in [0, 0.05) is 23.1 Å². The van der Waals surface area contributed by atoms with Crippen LogP contribution in [0.25, 0.3) is 22.9 Å². The van der Waals surface area contributed by atoms with E-state index in [2.05, 4.69) is 54.2 Å². The number of ether oxygens (including phenoxy) is 2. The van der Waals surface area contributed by atoms with E-state index in [4.69, 9.17) is 9.47 Å². The number of benzene rings is 2. The molecule has 1 heterocycles. The van der Waals surface area contributed by atoms with Crippen LogP contribution < -0.4 is 14.0 Å². The molecule has 3 aromatic rings. The number of rotatable bonds is 4. The van der Waals surface area contributed by atoms with Crippen molar-refractivity contribution in [1.29, 1.82) is 0 Å². The van der Waals surface area contributed by atoms with Crippen LogP contribution in [-0.2, 0) is 7.05 Å². The summed E-state index contributed by atoms with van der Waals surface area (Å²) in [5.74, 6) is 1.64. The van der Waals surface area contributed by atoms with Crippen LogP contribution in [0.15, 0.2) is 54.7 Å². The summed E-state index contributed by atoms with van der Waals surface area (Å²) in [5.41, 5.74) is 2.11. The molecule has 0 saturated carbocycles. The van der Waals surface area contributed by atoms with E-state index in [1.165, 1.54) is 10.8 Å². The first-order valence-electron chi connectivity index (χ1n) is 7.50. The van der Waals surface area contributed by atoms with E-state index in [-0.39, 0.29) is 0 Å². The summed E-state index contributed by atoms with van der Waals surface area (Å²) in [5, 5.41) is 2.45. The van der Waals surface area contributed by atoms with Crippen molar-refractivity contribution in [2.24, 2.45) is 7.05 Å². The molecular formula is C20H20NO2+. The Labute approximate surface area is 136 Å². The minimum atomic E-state index is 0.813. The molecule has 0 spiro atoms. The molecule has 0 aliphatic heterocycles. The lowest BCUT2D eigenvalue weighted by Gasteiger charge is -2.07. The Kier molecular flexibility index (Phi) is 4.29. The van der Waals surface area contributed by atoms with Gasteiger partial charge in [-0.15, -0.1) is 0 Å². The molecule has 0 atom stereocenters. The normalized spacial score (nSPS) is 11.1. The largest absolute Gasteiger partial charge is 0.497 e. The van der Waals surface area contributed by atoms with E-state index in [0.29, 0.717) is 0 Å². The third-order valence-corrected chi connectivity index (χ3v) is 3.91. The van der Waals surface area contributed by atoms with Gasteiger partial charge in [-0.05, 0) is 35.7 Å². The zero-order chi connectivity index (χ0) is 16.2. The van der Waals surface area contributed by atoms with Crippen LogP contribution in [0.3, 0.4) is 0 Å². The fourth-order valence-electron chi connectivity index (χ4n) is 2.61. The maximum atomic E-state index is 5.42. The number of fused-ring (bicyclic) bond motifs is 1. The van der Waals surface area contributed by atoms with Crippen molar-refractivity contribution >= 4 is 22.9 Å². The topological polar surface area (TPSA) is 22.3 Å². The Morgan fingerprint density at radius 2 is 1.65 bits per heavy atom. The predicted octanol–water partition coefficient (Wildman–Crippen LogP) is 3.85. The van der Waals surface area contributed by atoms with Crippen LogP contribution in [0.1, 0.15) is 11.3 Å². The molecule has 3 heteroatoms. The van der Waals surface area contributed by atoms with Gasteiger partial charge < -0.3 is 9.47 Å². The molecular weight excluding hydrogens is 286 g/mol. The average molecular weight is 306 g/mol. The Morgan fingerprint density at radius 3 is 2.39 bits per heavy atom. The highest BCUT2D eigenvalue weighted by molar-refractivity contribution is 5.83. The van der Waals surface area contributed by atoms with Gasteiger partial charge in [0.1, 0.15) is 18.5 Å². The van der Waals surface area contributed by atoms with Crippen LogP contribution in [0.2, 0.25) is 0 Å². The van der Waals surface area contributed by atoms with Gasteiger partial charge in [-0.3, -0.25) is 0 Å². The summed E-state index contributed by atoms with van der Waals surface area (Å²) in [4.78, 5) is 0. The third-order valence-electron chi connectivity index (χ3n) is 3.91. The molecule has 0 unspecified atom stereocenters. The van der Waals surface area contributed by atoms with E-state index in [0.717, 1.165) is 22.8 Å². The number of methoxy groups -OCH3 is 2. The van der Waals surface area contributed by atoms with Crippen molar-refractivity contribution in [3.05, 3.63) is 66.0 Å². The highest BCUT2D eigenvalue weighted by Gasteiger charge is 2.07. The standard InChI is InChI=1S/C20H20NO2/c1-21-14-17-7-5-4-6-15(17)12-18(21)9-8-16-13-19(22-2)10-11-20(16)23-3/h4-14H,1-3H3/q+1/b9-8+. The third kappa shape index (κ3) is 3.19. The first kappa shape index (κ1) is 15.1. The summed E-state index contributed by atoms with van der Waals surface area (Å²) >= 11 is 0. The zero-order valence-electron chi connectivity index (χ0n) is 13.6. The van der Waals surface area contributed by atoms with Crippen molar-refractivity contribution in [2.45, 2.75) is 0 Å². The van der Waals surface area contributed by atoms with Gasteiger partial charge >= 0.3 is 0 Å². The molecule has 3 nitrogen and oxygen atoms in total. The van der Waals surface area contributed by atoms with E-state index >= 15 is 0 Å². The first-order chi connectivity index (χ1) is 11.2. The van der Waals surface area contributed by atoms with E-state index in [1.807, 2.05) is 24.3 Å². The lowest BCUT2D eigenvalue weighted by atomic mass is 10.1. The minimum absolute atomic E-state index is 0.813. The number of aryl methyl sites for hydroxylation is 1. The Morgan fingerprint density at radius 1 is 0.870 bits per heavy atom. The molecule has 0 saturated heterocycles. The monoisotopic (exact) mass is 306 g/mol. The molecule has 3 rings (SSSR count). The summed E-state index contributed by atoms with van der Waals surface area (Å²) in [6.45, 7) is 0. The molecule has 0 N–H and O–H groups in total. The van der Waals surface area contributed by atoms with Crippen molar-refractivity contribution < 1.29 is 14.0 Å². The van der Waals surface area contributed by atoms with E-state index in [9.17, 15) is 0 Å². The molecule has 0 bridgehead atoms. The second-order valence-electron chi connectivity index (χ2n) is 5.38. The van der Waals surface area contributed by atoms with Crippen molar-refractivity contribution in [3.63, 3.8) is 0 Å². The van der Waals surface area contributed by atoms with E-state index in [1.54, 1.807) is 14.2 Å². The fourth-order valence-corrected chi connectivity index (χ4v) is 2.61. The van der Waals surface area contributed by atoms with E-state index < -0.39 is 0 Å². The van der Waals surface area contributed by atoms with Crippen LogP contribution in [0.4, 0.5) is 0 Å². The molecule has 1 aromatic heterocycles. The van der Waals surface area contributed by atoms with Crippen molar-refractivity contribution in [2.75, 3.05) is 14.2 Å². The molecule has 0 amide bonds. The van der Waals surface area contributed by atoms with Crippen LogP contribution in [0.5, 0.6) is 11.5 Å². The summed E-state index contributed by atoms with van der Waals surface area (Å²) in [6.07, 6.45) is 6.27. The van der Waals surface area contributed by atoms with Crippen LogP contribution >= 0.6 is 0 Å². The lowest BCUT2D eigenvalue weighted by molar-refractivity contribution is -0.671. The number of hydrogen-bond donors (Lipinski definition) is 0. The Balaban J connectivity index is 2.01. The lowest BCUT2D eigenvalue weighted by Crippen LogP contribution is -2.31. The number of hydrogen-bond acceptors (Lipinski definition) is 2. The maximum absolute atomic E-state index is 5.42. The van der Waals surface area contributed by atoms with Gasteiger partial charge in [0.2, 0.25) is 5.69 Å². The minimum Gasteiger partial charge on any atom is -0.497 e. The average Bonchev–Trinajstić information content (AvgIpc) is 2.59. The fraction of sp³-hybridized carbons (Fsp3) is 0.150. The van der Waals surface area contributed by atoms with Crippen LogP contribution in [0, 0.1) is 0 Å². The van der Waals surface area contributed by atoms with Gasteiger partial charge in [0.25, 0.3) is 0 Å². The number of pyridine rings is 1. The number of aromatic nitrogens is 1. The van der Waals surface area contributed by atoms with Gasteiger partial charge in [-0.25, -0.2) is 4.57 Å². The van der Waals surface area contributed by atoms with Crippen LogP contribution in [-0.4, -0.2) is 14.2 Å². The molecule has 0 aliphatic rings. The molecule has 2 aromatic carbocycles. The summed E-state index contributed by atoms with van der Waals surface area (Å²) in [7, 11) is 5.39. The van der Waals surface area contributed by atoms with Gasteiger partial charge in [-0.1, -0.05) is 18.2 Å². The smallest absolute Gasteiger partial charge is 0.205 e. The van der Waals surface area contributed by atoms with Gasteiger partial charge in [0.15, 0.2) is 6.20 Å². The summed E-state index contributed by atoms with van der Waals surface area (Å²) in [6, 6.07) is 16.3. The predicted molar refractivity (Wildman–Crippen MR) is 93.6 cm³/mol. The Bertz CT molecular complexity index is 869. The molecule has 0 aliphatic carbocycles.